The zero-order valence-corrected chi connectivity index (χ0v) is 25.5. The Bertz CT molecular complexity index is 1850. The standard InChI is InChI=1S/C37H36FN3O4/c1-22(2)20-41-36(42)25-11-14-32(44-17-16-26-21-40-31-7-5-4-6-28(26)31)29(19-25)24-10-15-33-30(18-24)34(37(43)39-3)35(45-33)23-8-12-27(38)13-9-23/h4-15,18-19,21-22,34-35,40H,16-17,20H2,1-3H3,(H,39,43)(H,41,42). The minimum atomic E-state index is -0.654. The van der Waals surface area contributed by atoms with Crippen LogP contribution in [-0.4, -0.2) is 37.0 Å². The Balaban J connectivity index is 1.34. The van der Waals surface area contributed by atoms with Gasteiger partial charge in [0.25, 0.3) is 5.91 Å². The van der Waals surface area contributed by atoms with Crippen molar-refractivity contribution in [3.8, 4) is 22.6 Å². The molecule has 0 fully saturated rings. The van der Waals surface area contributed by atoms with Crippen molar-refractivity contribution in [1.82, 2.24) is 15.6 Å². The number of H-pyrrole nitrogens is 1. The zero-order chi connectivity index (χ0) is 31.5. The number of fused-ring (bicyclic) bond motifs is 2. The van der Waals surface area contributed by atoms with Gasteiger partial charge in [-0.3, -0.25) is 9.59 Å². The summed E-state index contributed by atoms with van der Waals surface area (Å²) in [5.74, 6) is 0.126. The average Bonchev–Trinajstić information content (AvgIpc) is 3.65. The van der Waals surface area contributed by atoms with Crippen LogP contribution in [0.25, 0.3) is 22.0 Å². The van der Waals surface area contributed by atoms with Gasteiger partial charge in [-0.15, -0.1) is 0 Å². The van der Waals surface area contributed by atoms with E-state index in [1.807, 2.05) is 68.6 Å². The Morgan fingerprint density at radius 1 is 1.00 bits per heavy atom. The first-order valence-electron chi connectivity index (χ1n) is 15.2. The lowest BCUT2D eigenvalue weighted by molar-refractivity contribution is -0.123. The second-order valence-electron chi connectivity index (χ2n) is 11.7. The SMILES string of the molecule is CNC(=O)C1c2cc(-c3cc(C(=O)NCC(C)C)ccc3OCCc3c[nH]c4ccccc34)ccc2OC1c1ccc(F)cc1. The molecule has 1 aromatic heterocycles. The highest BCUT2D eigenvalue weighted by molar-refractivity contribution is 5.96. The number of hydrogen-bond donors (Lipinski definition) is 3. The van der Waals surface area contributed by atoms with Gasteiger partial charge in [-0.1, -0.05) is 50.2 Å². The quantitative estimate of drug-likeness (QED) is 0.161. The first-order chi connectivity index (χ1) is 21.8. The van der Waals surface area contributed by atoms with Crippen molar-refractivity contribution in [3.63, 3.8) is 0 Å². The van der Waals surface area contributed by atoms with Gasteiger partial charge in [0.1, 0.15) is 29.3 Å². The molecular formula is C37H36FN3O4. The molecule has 0 saturated heterocycles. The first-order valence-corrected chi connectivity index (χ1v) is 15.2. The molecule has 2 atom stereocenters. The first kappa shape index (κ1) is 29.9. The van der Waals surface area contributed by atoms with Crippen LogP contribution in [0.4, 0.5) is 4.39 Å². The van der Waals surface area contributed by atoms with E-state index in [1.54, 1.807) is 25.2 Å². The summed E-state index contributed by atoms with van der Waals surface area (Å²) >= 11 is 0. The number of carbonyl (C=O) groups is 2. The number of carbonyl (C=O) groups excluding carboxylic acids is 2. The molecule has 6 rings (SSSR count). The Morgan fingerprint density at radius 3 is 2.58 bits per heavy atom. The third-order valence-corrected chi connectivity index (χ3v) is 8.16. The number of halogens is 1. The number of rotatable bonds is 10. The number of likely N-dealkylation sites (N-methyl/N-ethyl adjacent to an activating group) is 1. The summed E-state index contributed by atoms with van der Waals surface area (Å²) in [4.78, 5) is 29.6. The van der Waals surface area contributed by atoms with E-state index in [-0.39, 0.29) is 17.6 Å². The van der Waals surface area contributed by atoms with Gasteiger partial charge in [0.05, 0.1) is 6.61 Å². The molecule has 0 spiro atoms. The van der Waals surface area contributed by atoms with E-state index in [4.69, 9.17) is 9.47 Å². The van der Waals surface area contributed by atoms with E-state index < -0.39 is 12.0 Å². The predicted molar refractivity (Wildman–Crippen MR) is 173 cm³/mol. The second kappa shape index (κ2) is 12.9. The number of aromatic amines is 1. The van der Waals surface area contributed by atoms with E-state index in [2.05, 4.69) is 21.7 Å². The van der Waals surface area contributed by atoms with Gasteiger partial charge in [-0.25, -0.2) is 4.39 Å². The lowest BCUT2D eigenvalue weighted by Gasteiger charge is -2.18. The fraction of sp³-hybridized carbons (Fsp3) is 0.243. The fourth-order valence-electron chi connectivity index (χ4n) is 5.81. The van der Waals surface area contributed by atoms with Crippen LogP contribution in [-0.2, 0) is 11.2 Å². The molecular weight excluding hydrogens is 569 g/mol. The summed E-state index contributed by atoms with van der Waals surface area (Å²) in [6.45, 7) is 5.08. The molecule has 4 aromatic carbocycles. The molecule has 3 N–H and O–H groups in total. The minimum absolute atomic E-state index is 0.167. The molecule has 0 radical (unpaired) electrons. The van der Waals surface area contributed by atoms with Crippen molar-refractivity contribution in [1.29, 1.82) is 0 Å². The van der Waals surface area contributed by atoms with Crippen LogP contribution in [0.15, 0.2) is 91.1 Å². The monoisotopic (exact) mass is 605 g/mol. The van der Waals surface area contributed by atoms with Crippen molar-refractivity contribution in [2.75, 3.05) is 20.2 Å². The predicted octanol–water partition coefficient (Wildman–Crippen LogP) is 6.94. The third-order valence-electron chi connectivity index (χ3n) is 8.16. The summed E-state index contributed by atoms with van der Waals surface area (Å²) in [7, 11) is 1.59. The van der Waals surface area contributed by atoms with E-state index in [0.29, 0.717) is 53.7 Å². The molecule has 0 saturated carbocycles. The molecule has 2 unspecified atom stereocenters. The van der Waals surface area contributed by atoms with Crippen molar-refractivity contribution in [2.24, 2.45) is 5.92 Å². The van der Waals surface area contributed by atoms with E-state index in [9.17, 15) is 14.0 Å². The summed E-state index contributed by atoms with van der Waals surface area (Å²) in [6, 6.07) is 25.3. The number of para-hydroxylation sites is 1. The van der Waals surface area contributed by atoms with E-state index in [0.717, 1.165) is 27.6 Å². The van der Waals surface area contributed by atoms with Crippen LogP contribution in [0.2, 0.25) is 0 Å². The fourth-order valence-corrected chi connectivity index (χ4v) is 5.81. The Morgan fingerprint density at radius 2 is 1.80 bits per heavy atom. The van der Waals surface area contributed by atoms with Crippen molar-refractivity contribution >= 4 is 22.7 Å². The maximum absolute atomic E-state index is 13.7. The van der Waals surface area contributed by atoms with E-state index >= 15 is 0 Å². The maximum atomic E-state index is 13.7. The Labute approximate surface area is 261 Å². The van der Waals surface area contributed by atoms with Gasteiger partial charge in [0.15, 0.2) is 0 Å². The molecule has 1 aliphatic rings. The second-order valence-corrected chi connectivity index (χ2v) is 11.7. The number of ether oxygens (including phenoxy) is 2. The Hall–Kier alpha value is -5.11. The summed E-state index contributed by atoms with van der Waals surface area (Å²) in [5, 5.41) is 6.91. The molecule has 0 bridgehead atoms. The highest BCUT2D eigenvalue weighted by atomic mass is 19.1. The minimum Gasteiger partial charge on any atom is -0.493 e. The summed E-state index contributed by atoms with van der Waals surface area (Å²) in [6.07, 6.45) is 2.08. The smallest absolute Gasteiger partial charge is 0.251 e. The summed E-state index contributed by atoms with van der Waals surface area (Å²) < 4.78 is 26.3. The largest absolute Gasteiger partial charge is 0.493 e. The molecule has 2 heterocycles. The van der Waals surface area contributed by atoms with Crippen LogP contribution in [0.5, 0.6) is 11.5 Å². The average molecular weight is 606 g/mol. The lowest BCUT2D eigenvalue weighted by Crippen LogP contribution is -2.28. The topological polar surface area (TPSA) is 92.5 Å². The van der Waals surface area contributed by atoms with Crippen LogP contribution < -0.4 is 20.1 Å². The Kier molecular flexibility index (Phi) is 8.56. The highest BCUT2D eigenvalue weighted by Crippen LogP contribution is 2.48. The lowest BCUT2D eigenvalue weighted by atomic mass is 9.88. The molecule has 1 aliphatic heterocycles. The van der Waals surface area contributed by atoms with Crippen LogP contribution in [0.1, 0.15) is 52.9 Å². The summed E-state index contributed by atoms with van der Waals surface area (Å²) in [5.41, 5.74) is 5.68. The van der Waals surface area contributed by atoms with Gasteiger partial charge < -0.3 is 25.1 Å². The number of hydrogen-bond acceptors (Lipinski definition) is 4. The van der Waals surface area contributed by atoms with E-state index in [1.165, 1.54) is 12.1 Å². The van der Waals surface area contributed by atoms with Gasteiger partial charge in [0, 0.05) is 53.8 Å². The molecule has 5 aromatic rings. The molecule has 2 amide bonds. The molecule has 8 heteroatoms. The zero-order valence-electron chi connectivity index (χ0n) is 25.5. The molecule has 45 heavy (non-hydrogen) atoms. The van der Waals surface area contributed by atoms with Gasteiger partial charge >= 0.3 is 0 Å². The number of benzene rings is 4. The van der Waals surface area contributed by atoms with Crippen LogP contribution in [0.3, 0.4) is 0 Å². The van der Waals surface area contributed by atoms with Gasteiger partial charge in [-0.2, -0.15) is 0 Å². The van der Waals surface area contributed by atoms with Crippen LogP contribution in [0, 0.1) is 11.7 Å². The van der Waals surface area contributed by atoms with Crippen molar-refractivity contribution < 1.29 is 23.5 Å². The maximum Gasteiger partial charge on any atom is 0.251 e. The third kappa shape index (κ3) is 6.27. The number of aromatic nitrogens is 1. The van der Waals surface area contributed by atoms with Crippen molar-refractivity contribution in [3.05, 3.63) is 119 Å². The number of nitrogens with one attached hydrogen (secondary N) is 3. The number of amides is 2. The van der Waals surface area contributed by atoms with Crippen LogP contribution >= 0.6 is 0 Å². The molecule has 7 nitrogen and oxygen atoms in total. The van der Waals surface area contributed by atoms with Crippen molar-refractivity contribution in [2.45, 2.75) is 32.3 Å². The molecule has 0 aliphatic carbocycles. The normalized spacial score (nSPS) is 15.5. The van der Waals surface area contributed by atoms with Gasteiger partial charge in [0.2, 0.25) is 5.91 Å². The molecule has 230 valence electrons. The highest BCUT2D eigenvalue weighted by Gasteiger charge is 2.40. The van der Waals surface area contributed by atoms with Gasteiger partial charge in [-0.05, 0) is 71.1 Å².